The molecule has 194 valence electrons. The van der Waals surface area contributed by atoms with Gasteiger partial charge >= 0.3 is 11.9 Å². The average Bonchev–Trinajstić information content (AvgIpc) is 3.33. The number of rotatable bonds is 9. The minimum absolute atomic E-state index is 0.0369. The van der Waals surface area contributed by atoms with Crippen molar-refractivity contribution in [3.05, 3.63) is 35.9 Å². The first-order valence-electron chi connectivity index (χ1n) is 12.8. The molecule has 3 atom stereocenters. The van der Waals surface area contributed by atoms with Gasteiger partial charge in [-0.15, -0.1) is 0 Å². The number of aryl methyl sites for hydroxylation is 1. The molecule has 1 saturated carbocycles. The SMILES string of the molecule is C[C@H](NC(CCc1ccccc1)C(=O)OC1CCCC1)C(=O)N1CCSCC1C(=O)OC(C)(C)C. The van der Waals surface area contributed by atoms with E-state index in [1.165, 1.54) is 0 Å². The van der Waals surface area contributed by atoms with E-state index < -0.39 is 23.7 Å². The van der Waals surface area contributed by atoms with Crippen molar-refractivity contribution in [3.8, 4) is 0 Å². The number of benzene rings is 1. The molecule has 0 spiro atoms. The molecular formula is C27H40N2O5S. The first-order chi connectivity index (χ1) is 16.6. The second-order valence-corrected chi connectivity index (χ2v) is 11.6. The number of esters is 2. The predicted molar refractivity (Wildman–Crippen MR) is 138 cm³/mol. The van der Waals surface area contributed by atoms with Gasteiger partial charge in [0.2, 0.25) is 5.91 Å². The highest BCUT2D eigenvalue weighted by Gasteiger charge is 2.38. The Bertz CT molecular complexity index is 851. The summed E-state index contributed by atoms with van der Waals surface area (Å²) in [4.78, 5) is 41.0. The number of thioether (sulfide) groups is 1. The number of amides is 1. The number of carbonyl (C=O) groups is 3. The quantitative estimate of drug-likeness (QED) is 0.513. The van der Waals surface area contributed by atoms with Crippen LogP contribution in [0.2, 0.25) is 0 Å². The summed E-state index contributed by atoms with van der Waals surface area (Å²) in [5, 5.41) is 3.24. The first kappa shape index (κ1) is 27.5. The van der Waals surface area contributed by atoms with Crippen molar-refractivity contribution in [2.75, 3.05) is 18.1 Å². The van der Waals surface area contributed by atoms with Crippen molar-refractivity contribution in [2.24, 2.45) is 0 Å². The Morgan fingerprint density at radius 2 is 1.83 bits per heavy atom. The highest BCUT2D eigenvalue weighted by Crippen LogP contribution is 2.23. The maximum atomic E-state index is 13.4. The molecule has 0 radical (unpaired) electrons. The van der Waals surface area contributed by atoms with Gasteiger partial charge in [0.1, 0.15) is 23.8 Å². The average molecular weight is 505 g/mol. The van der Waals surface area contributed by atoms with Gasteiger partial charge in [0, 0.05) is 18.1 Å². The lowest BCUT2D eigenvalue weighted by molar-refractivity contribution is -0.164. The van der Waals surface area contributed by atoms with E-state index in [-0.39, 0.29) is 23.9 Å². The van der Waals surface area contributed by atoms with Gasteiger partial charge in [-0.05, 0) is 71.8 Å². The topological polar surface area (TPSA) is 84.9 Å². The van der Waals surface area contributed by atoms with E-state index in [9.17, 15) is 14.4 Å². The molecule has 1 aliphatic carbocycles. The van der Waals surface area contributed by atoms with Crippen LogP contribution < -0.4 is 5.32 Å². The minimum atomic E-state index is -0.639. The third-order valence-electron chi connectivity index (χ3n) is 6.35. The zero-order valence-corrected chi connectivity index (χ0v) is 22.3. The van der Waals surface area contributed by atoms with Gasteiger partial charge in [0.25, 0.3) is 0 Å². The third kappa shape index (κ3) is 8.53. The lowest BCUT2D eigenvalue weighted by atomic mass is 10.0. The summed E-state index contributed by atoms with van der Waals surface area (Å²) in [5.41, 5.74) is 0.509. The molecule has 1 aromatic carbocycles. The molecule has 1 N–H and O–H groups in total. The van der Waals surface area contributed by atoms with Gasteiger partial charge in [-0.1, -0.05) is 30.3 Å². The first-order valence-corrected chi connectivity index (χ1v) is 13.9. The van der Waals surface area contributed by atoms with Crippen LogP contribution in [0.4, 0.5) is 0 Å². The number of carbonyl (C=O) groups excluding carboxylic acids is 3. The Morgan fingerprint density at radius 1 is 1.14 bits per heavy atom. The molecule has 2 fully saturated rings. The Hall–Kier alpha value is -2.06. The van der Waals surface area contributed by atoms with Crippen LogP contribution in [-0.2, 0) is 30.3 Å². The maximum absolute atomic E-state index is 13.4. The minimum Gasteiger partial charge on any atom is -0.461 e. The second-order valence-electron chi connectivity index (χ2n) is 10.5. The van der Waals surface area contributed by atoms with Crippen molar-refractivity contribution >= 4 is 29.6 Å². The monoisotopic (exact) mass is 504 g/mol. The van der Waals surface area contributed by atoms with Crippen molar-refractivity contribution in [3.63, 3.8) is 0 Å². The summed E-state index contributed by atoms with van der Waals surface area (Å²) in [7, 11) is 0. The third-order valence-corrected chi connectivity index (χ3v) is 7.37. The van der Waals surface area contributed by atoms with Crippen LogP contribution in [0.25, 0.3) is 0 Å². The molecule has 0 bridgehead atoms. The summed E-state index contributed by atoms with van der Waals surface area (Å²) in [5.74, 6) is 0.393. The molecule has 1 aromatic rings. The Balaban J connectivity index is 1.67. The summed E-state index contributed by atoms with van der Waals surface area (Å²) < 4.78 is 11.4. The van der Waals surface area contributed by atoms with Crippen LogP contribution in [0, 0.1) is 0 Å². The number of hydrogen-bond donors (Lipinski definition) is 1. The van der Waals surface area contributed by atoms with Gasteiger partial charge in [0.05, 0.1) is 6.04 Å². The lowest BCUT2D eigenvalue weighted by Crippen LogP contribution is -2.58. The zero-order chi connectivity index (χ0) is 25.4. The van der Waals surface area contributed by atoms with Gasteiger partial charge in [-0.2, -0.15) is 11.8 Å². The van der Waals surface area contributed by atoms with E-state index in [4.69, 9.17) is 9.47 Å². The highest BCUT2D eigenvalue weighted by molar-refractivity contribution is 7.99. The van der Waals surface area contributed by atoms with Gasteiger partial charge in [-0.3, -0.25) is 14.9 Å². The molecule has 3 rings (SSSR count). The van der Waals surface area contributed by atoms with Crippen LogP contribution in [-0.4, -0.2) is 70.6 Å². The molecule has 2 unspecified atom stereocenters. The van der Waals surface area contributed by atoms with Gasteiger partial charge in [-0.25, -0.2) is 4.79 Å². The number of nitrogens with zero attached hydrogens (tertiary/aromatic N) is 1. The summed E-state index contributed by atoms with van der Waals surface area (Å²) in [6.45, 7) is 7.70. The molecule has 35 heavy (non-hydrogen) atoms. The smallest absolute Gasteiger partial charge is 0.330 e. The van der Waals surface area contributed by atoms with Crippen molar-refractivity contribution in [1.82, 2.24) is 10.2 Å². The molecule has 8 heteroatoms. The van der Waals surface area contributed by atoms with Crippen LogP contribution in [0.3, 0.4) is 0 Å². The fourth-order valence-electron chi connectivity index (χ4n) is 4.53. The molecule has 1 amide bonds. The van der Waals surface area contributed by atoms with E-state index >= 15 is 0 Å². The Morgan fingerprint density at radius 3 is 2.49 bits per heavy atom. The summed E-state index contributed by atoms with van der Waals surface area (Å²) in [6.07, 6.45) is 5.13. The lowest BCUT2D eigenvalue weighted by Gasteiger charge is -2.37. The normalized spacial score (nSPS) is 20.8. The predicted octanol–water partition coefficient (Wildman–Crippen LogP) is 3.74. The van der Waals surface area contributed by atoms with Crippen LogP contribution in [0.5, 0.6) is 0 Å². The van der Waals surface area contributed by atoms with Crippen molar-refractivity contribution in [2.45, 2.75) is 96.1 Å². The Kier molecular flexibility index (Phi) is 10.0. The molecule has 0 aromatic heterocycles. The molecule has 1 saturated heterocycles. The van der Waals surface area contributed by atoms with Gasteiger partial charge < -0.3 is 14.4 Å². The van der Waals surface area contributed by atoms with E-state index in [1.807, 2.05) is 51.1 Å². The van der Waals surface area contributed by atoms with Crippen LogP contribution in [0.15, 0.2) is 30.3 Å². The Labute approximate surface area is 213 Å². The number of nitrogens with one attached hydrogen (secondary N) is 1. The molecule has 2 aliphatic rings. The summed E-state index contributed by atoms with van der Waals surface area (Å²) >= 11 is 1.64. The fourth-order valence-corrected chi connectivity index (χ4v) is 5.56. The van der Waals surface area contributed by atoms with Gasteiger partial charge in [0.15, 0.2) is 0 Å². The van der Waals surface area contributed by atoms with Crippen LogP contribution in [0.1, 0.15) is 65.4 Å². The highest BCUT2D eigenvalue weighted by atomic mass is 32.2. The zero-order valence-electron chi connectivity index (χ0n) is 21.5. The van der Waals surface area contributed by atoms with E-state index in [1.54, 1.807) is 23.6 Å². The maximum Gasteiger partial charge on any atom is 0.330 e. The van der Waals surface area contributed by atoms with E-state index in [2.05, 4.69) is 5.32 Å². The molecule has 7 nitrogen and oxygen atoms in total. The van der Waals surface area contributed by atoms with Crippen molar-refractivity contribution < 1.29 is 23.9 Å². The molecule has 1 aliphatic heterocycles. The molecular weight excluding hydrogens is 464 g/mol. The fraction of sp³-hybridized carbons (Fsp3) is 0.667. The van der Waals surface area contributed by atoms with Crippen LogP contribution >= 0.6 is 11.8 Å². The standard InChI is InChI=1S/C27H40N2O5S/c1-19(24(30)29-16-17-35-18-23(29)26(32)34-27(2,3)4)28-22(15-14-20-10-6-5-7-11-20)25(31)33-21-12-8-9-13-21/h5-7,10-11,19,21-23,28H,8-9,12-18H2,1-4H3/t19-,22?,23?/m0/s1. The largest absolute Gasteiger partial charge is 0.461 e. The van der Waals surface area contributed by atoms with E-state index in [0.29, 0.717) is 25.1 Å². The molecule has 1 heterocycles. The van der Waals surface area contributed by atoms with E-state index in [0.717, 1.165) is 37.0 Å². The number of hydrogen-bond acceptors (Lipinski definition) is 7. The summed E-state index contributed by atoms with van der Waals surface area (Å²) in [6, 6.07) is 8.12. The second kappa shape index (κ2) is 12.8. The number of ether oxygens (including phenoxy) is 2. The van der Waals surface area contributed by atoms with Crippen molar-refractivity contribution in [1.29, 1.82) is 0 Å².